The van der Waals surface area contributed by atoms with Gasteiger partial charge in [0.15, 0.2) is 23.2 Å². The number of hydrogen-bond acceptors (Lipinski definition) is 5. The van der Waals surface area contributed by atoms with E-state index in [0.717, 1.165) is 17.7 Å². The summed E-state index contributed by atoms with van der Waals surface area (Å²) in [5, 5.41) is 5.33. The molecule has 0 fully saturated rings. The van der Waals surface area contributed by atoms with Gasteiger partial charge >= 0.3 is 0 Å². The van der Waals surface area contributed by atoms with Gasteiger partial charge in [0.25, 0.3) is 5.91 Å². The molecule has 27 heavy (non-hydrogen) atoms. The van der Waals surface area contributed by atoms with Gasteiger partial charge in [-0.1, -0.05) is 24.3 Å². The number of amides is 1. The molecule has 0 saturated carbocycles. The number of carbonyl (C=O) groups is 1. The number of benzene rings is 2. The topological polar surface area (TPSA) is 60.5 Å². The SMILES string of the molecule is COc1ccccc1OCC(=O)Nc1nc(-c2ccc3c(c2)CCC3)cs1. The monoisotopic (exact) mass is 380 g/mol. The van der Waals surface area contributed by atoms with Crippen molar-refractivity contribution in [3.8, 4) is 22.8 Å². The van der Waals surface area contributed by atoms with Crippen molar-refractivity contribution in [1.82, 2.24) is 4.98 Å². The highest BCUT2D eigenvalue weighted by Gasteiger charge is 2.14. The van der Waals surface area contributed by atoms with E-state index in [1.54, 1.807) is 19.2 Å². The molecule has 5 nitrogen and oxygen atoms in total. The zero-order valence-electron chi connectivity index (χ0n) is 15.0. The highest BCUT2D eigenvalue weighted by Crippen LogP contribution is 2.30. The molecule has 1 aliphatic carbocycles. The number of thiazole rings is 1. The molecular weight excluding hydrogens is 360 g/mol. The molecule has 0 aliphatic heterocycles. The van der Waals surface area contributed by atoms with Crippen LogP contribution in [-0.4, -0.2) is 24.6 Å². The molecule has 4 rings (SSSR count). The molecule has 1 aliphatic rings. The fourth-order valence-corrected chi connectivity index (χ4v) is 3.97. The fourth-order valence-electron chi connectivity index (χ4n) is 3.23. The summed E-state index contributed by atoms with van der Waals surface area (Å²) < 4.78 is 10.8. The summed E-state index contributed by atoms with van der Waals surface area (Å²) in [6, 6.07) is 13.7. The molecule has 0 saturated heterocycles. The van der Waals surface area contributed by atoms with Gasteiger partial charge in [-0.05, 0) is 48.6 Å². The lowest BCUT2D eigenvalue weighted by Crippen LogP contribution is -2.20. The van der Waals surface area contributed by atoms with E-state index in [-0.39, 0.29) is 12.5 Å². The predicted octanol–water partition coefficient (Wildman–Crippen LogP) is 4.32. The van der Waals surface area contributed by atoms with Crippen molar-refractivity contribution < 1.29 is 14.3 Å². The summed E-state index contributed by atoms with van der Waals surface area (Å²) in [6.07, 6.45) is 3.53. The van der Waals surface area contributed by atoms with Crippen LogP contribution in [0.4, 0.5) is 5.13 Å². The van der Waals surface area contributed by atoms with Crippen LogP contribution in [-0.2, 0) is 17.6 Å². The summed E-state index contributed by atoms with van der Waals surface area (Å²) in [4.78, 5) is 16.7. The predicted molar refractivity (Wildman–Crippen MR) is 107 cm³/mol. The van der Waals surface area contributed by atoms with Crippen LogP contribution in [0.15, 0.2) is 47.8 Å². The molecule has 1 amide bonds. The number of para-hydroxylation sites is 2. The van der Waals surface area contributed by atoms with Crippen molar-refractivity contribution in [3.63, 3.8) is 0 Å². The van der Waals surface area contributed by atoms with Crippen LogP contribution in [0.1, 0.15) is 17.5 Å². The number of nitrogens with one attached hydrogen (secondary N) is 1. The summed E-state index contributed by atoms with van der Waals surface area (Å²) >= 11 is 1.41. The number of carbonyl (C=O) groups excluding carboxylic acids is 1. The summed E-state index contributed by atoms with van der Waals surface area (Å²) in [5.74, 6) is 0.877. The molecule has 3 aromatic rings. The largest absolute Gasteiger partial charge is 0.493 e. The summed E-state index contributed by atoms with van der Waals surface area (Å²) in [7, 11) is 1.57. The second-order valence-electron chi connectivity index (χ2n) is 6.36. The normalized spacial score (nSPS) is 12.5. The molecule has 1 aromatic heterocycles. The molecular formula is C21H20N2O3S. The lowest BCUT2D eigenvalue weighted by molar-refractivity contribution is -0.118. The van der Waals surface area contributed by atoms with Gasteiger partial charge in [0.1, 0.15) is 0 Å². The summed E-state index contributed by atoms with van der Waals surface area (Å²) in [6.45, 7) is -0.103. The minimum Gasteiger partial charge on any atom is -0.493 e. The van der Waals surface area contributed by atoms with Gasteiger partial charge in [-0.2, -0.15) is 0 Å². The fraction of sp³-hybridized carbons (Fsp3) is 0.238. The zero-order valence-corrected chi connectivity index (χ0v) is 15.8. The number of rotatable bonds is 6. The molecule has 2 aromatic carbocycles. The lowest BCUT2D eigenvalue weighted by Gasteiger charge is -2.09. The third-order valence-corrected chi connectivity index (χ3v) is 5.33. The van der Waals surface area contributed by atoms with Gasteiger partial charge < -0.3 is 9.47 Å². The number of ether oxygens (including phenoxy) is 2. The van der Waals surface area contributed by atoms with Crippen molar-refractivity contribution >= 4 is 22.4 Å². The highest BCUT2D eigenvalue weighted by atomic mass is 32.1. The van der Waals surface area contributed by atoms with Gasteiger partial charge in [0, 0.05) is 10.9 Å². The number of aromatic nitrogens is 1. The molecule has 1 heterocycles. The van der Waals surface area contributed by atoms with Crippen LogP contribution in [0.2, 0.25) is 0 Å². The van der Waals surface area contributed by atoms with Crippen LogP contribution in [0.3, 0.4) is 0 Å². The van der Waals surface area contributed by atoms with E-state index in [9.17, 15) is 4.79 Å². The maximum absolute atomic E-state index is 12.2. The standard InChI is InChI=1S/C21H20N2O3S/c1-25-18-7-2-3-8-19(18)26-12-20(24)23-21-22-17(13-27-21)16-10-9-14-5-4-6-15(14)11-16/h2-3,7-11,13H,4-6,12H2,1H3,(H,22,23,24). The first-order valence-electron chi connectivity index (χ1n) is 8.86. The smallest absolute Gasteiger partial charge is 0.264 e. The molecule has 0 bridgehead atoms. The first-order chi connectivity index (χ1) is 13.2. The molecule has 1 N–H and O–H groups in total. The van der Waals surface area contributed by atoms with Crippen molar-refractivity contribution in [2.75, 3.05) is 19.0 Å². The quantitative estimate of drug-likeness (QED) is 0.692. The molecule has 6 heteroatoms. The van der Waals surface area contributed by atoms with E-state index in [1.807, 2.05) is 17.5 Å². The minimum atomic E-state index is -0.254. The number of fused-ring (bicyclic) bond motifs is 1. The van der Waals surface area contributed by atoms with E-state index in [1.165, 1.54) is 35.3 Å². The number of methoxy groups -OCH3 is 1. The van der Waals surface area contributed by atoms with Gasteiger partial charge in [0.2, 0.25) is 0 Å². The van der Waals surface area contributed by atoms with E-state index < -0.39 is 0 Å². The second kappa shape index (κ2) is 7.80. The third kappa shape index (κ3) is 3.95. The van der Waals surface area contributed by atoms with Crippen molar-refractivity contribution in [1.29, 1.82) is 0 Å². The number of nitrogens with zero attached hydrogens (tertiary/aromatic N) is 1. The molecule has 0 radical (unpaired) electrons. The Balaban J connectivity index is 1.38. The highest BCUT2D eigenvalue weighted by molar-refractivity contribution is 7.14. The minimum absolute atomic E-state index is 0.103. The first-order valence-corrected chi connectivity index (χ1v) is 9.74. The third-order valence-electron chi connectivity index (χ3n) is 4.57. The van der Waals surface area contributed by atoms with Crippen molar-refractivity contribution in [2.24, 2.45) is 0 Å². The number of anilines is 1. The van der Waals surface area contributed by atoms with Crippen molar-refractivity contribution in [2.45, 2.75) is 19.3 Å². The van der Waals surface area contributed by atoms with Gasteiger partial charge in [0.05, 0.1) is 12.8 Å². The Hall–Kier alpha value is -2.86. The van der Waals surface area contributed by atoms with Crippen LogP contribution in [0, 0.1) is 0 Å². The molecule has 0 atom stereocenters. The van der Waals surface area contributed by atoms with Crippen LogP contribution in [0.25, 0.3) is 11.3 Å². The van der Waals surface area contributed by atoms with E-state index >= 15 is 0 Å². The molecule has 138 valence electrons. The van der Waals surface area contributed by atoms with E-state index in [4.69, 9.17) is 9.47 Å². The van der Waals surface area contributed by atoms with Crippen LogP contribution in [0.5, 0.6) is 11.5 Å². The Morgan fingerprint density at radius 2 is 1.96 bits per heavy atom. The second-order valence-corrected chi connectivity index (χ2v) is 7.22. The average molecular weight is 380 g/mol. The number of hydrogen-bond donors (Lipinski definition) is 1. The van der Waals surface area contributed by atoms with Gasteiger partial charge in [-0.3, -0.25) is 10.1 Å². The Kier molecular flexibility index (Phi) is 5.07. The lowest BCUT2D eigenvalue weighted by atomic mass is 10.1. The Bertz CT molecular complexity index is 968. The van der Waals surface area contributed by atoms with E-state index in [2.05, 4.69) is 28.5 Å². The van der Waals surface area contributed by atoms with Crippen molar-refractivity contribution in [3.05, 3.63) is 59.0 Å². The first kappa shape index (κ1) is 17.5. The Labute approximate surface area is 162 Å². The van der Waals surface area contributed by atoms with Crippen LogP contribution >= 0.6 is 11.3 Å². The van der Waals surface area contributed by atoms with Crippen LogP contribution < -0.4 is 14.8 Å². The molecule has 0 spiro atoms. The Morgan fingerprint density at radius 1 is 1.15 bits per heavy atom. The maximum atomic E-state index is 12.2. The van der Waals surface area contributed by atoms with Gasteiger partial charge in [-0.15, -0.1) is 11.3 Å². The number of aryl methyl sites for hydroxylation is 2. The molecule has 0 unspecified atom stereocenters. The summed E-state index contributed by atoms with van der Waals surface area (Å²) in [5.41, 5.74) is 4.83. The maximum Gasteiger partial charge on any atom is 0.264 e. The van der Waals surface area contributed by atoms with E-state index in [0.29, 0.717) is 16.6 Å². The zero-order chi connectivity index (χ0) is 18.6. The van der Waals surface area contributed by atoms with Gasteiger partial charge in [-0.25, -0.2) is 4.98 Å². The Morgan fingerprint density at radius 3 is 2.81 bits per heavy atom. The average Bonchev–Trinajstić information content (AvgIpc) is 3.35.